The lowest BCUT2D eigenvalue weighted by atomic mass is 10.0. The molecule has 1 aliphatic rings. The zero-order valence-corrected chi connectivity index (χ0v) is 10.5. The van der Waals surface area contributed by atoms with Crippen LogP contribution in [-0.2, 0) is 0 Å². The molecule has 1 fully saturated rings. The fraction of sp³-hybridized carbons (Fsp3) is 0.636. The molecule has 1 unspecified atom stereocenters. The highest BCUT2D eigenvalue weighted by molar-refractivity contribution is 7.07. The average Bonchev–Trinajstić information content (AvgIpc) is 2.80. The van der Waals surface area contributed by atoms with Gasteiger partial charge < -0.3 is 9.80 Å². The molecule has 16 heavy (non-hydrogen) atoms. The molecule has 2 heterocycles. The number of nitrogens with zero attached hydrogens (tertiary/aromatic N) is 3. The van der Waals surface area contributed by atoms with E-state index in [-0.39, 0.29) is 5.91 Å². The van der Waals surface area contributed by atoms with Gasteiger partial charge in [-0.15, -0.1) is 11.3 Å². The van der Waals surface area contributed by atoms with E-state index < -0.39 is 0 Å². The van der Waals surface area contributed by atoms with Crippen LogP contribution in [-0.4, -0.2) is 53.9 Å². The molecule has 0 spiro atoms. The van der Waals surface area contributed by atoms with Gasteiger partial charge in [0.25, 0.3) is 5.91 Å². The quantitative estimate of drug-likeness (QED) is 0.781. The Hall–Kier alpha value is -0.940. The molecule has 1 amide bonds. The third kappa shape index (κ3) is 2.41. The third-order valence-corrected chi connectivity index (χ3v) is 3.71. The van der Waals surface area contributed by atoms with E-state index in [1.54, 1.807) is 5.51 Å². The monoisotopic (exact) mass is 239 g/mol. The number of carbonyl (C=O) groups excluding carboxylic acids is 1. The van der Waals surface area contributed by atoms with Gasteiger partial charge in [-0.2, -0.15) is 0 Å². The molecule has 1 saturated heterocycles. The number of hydrogen-bond donors (Lipinski definition) is 0. The van der Waals surface area contributed by atoms with Crippen molar-refractivity contribution in [2.75, 3.05) is 27.2 Å². The molecule has 0 saturated carbocycles. The predicted octanol–water partition coefficient (Wildman–Crippen LogP) is 1.31. The van der Waals surface area contributed by atoms with Gasteiger partial charge in [0.1, 0.15) is 5.69 Å². The van der Waals surface area contributed by atoms with Gasteiger partial charge in [0.05, 0.1) is 5.51 Å². The Morgan fingerprint density at radius 1 is 1.69 bits per heavy atom. The Labute approximate surface area is 99.9 Å². The SMILES string of the molecule is CN1CCCC(N(C)C(=O)c2cscn2)C1. The molecule has 1 aromatic heterocycles. The lowest BCUT2D eigenvalue weighted by Gasteiger charge is -2.35. The van der Waals surface area contributed by atoms with Gasteiger partial charge in [0.15, 0.2) is 0 Å². The highest BCUT2D eigenvalue weighted by Gasteiger charge is 2.25. The Morgan fingerprint density at radius 2 is 2.50 bits per heavy atom. The number of rotatable bonds is 2. The van der Waals surface area contributed by atoms with Crippen LogP contribution < -0.4 is 0 Å². The van der Waals surface area contributed by atoms with Crippen LogP contribution in [0.4, 0.5) is 0 Å². The van der Waals surface area contributed by atoms with Gasteiger partial charge in [0.2, 0.25) is 0 Å². The van der Waals surface area contributed by atoms with Crippen LogP contribution in [0.15, 0.2) is 10.9 Å². The lowest BCUT2D eigenvalue weighted by Crippen LogP contribution is -2.47. The molecule has 5 heteroatoms. The van der Waals surface area contributed by atoms with Crippen molar-refractivity contribution >= 4 is 17.2 Å². The zero-order valence-electron chi connectivity index (χ0n) is 9.72. The highest BCUT2D eigenvalue weighted by atomic mass is 32.1. The molecule has 0 aliphatic carbocycles. The van der Waals surface area contributed by atoms with Crippen molar-refractivity contribution in [2.45, 2.75) is 18.9 Å². The van der Waals surface area contributed by atoms with Gasteiger partial charge in [-0.25, -0.2) is 4.98 Å². The minimum Gasteiger partial charge on any atom is -0.336 e. The number of amides is 1. The number of likely N-dealkylation sites (tertiary alicyclic amines) is 1. The van der Waals surface area contributed by atoms with E-state index in [0.29, 0.717) is 11.7 Å². The summed E-state index contributed by atoms with van der Waals surface area (Å²) in [6, 6.07) is 0.327. The molecular formula is C11H17N3OS. The first-order chi connectivity index (χ1) is 7.68. The van der Waals surface area contributed by atoms with Crippen molar-refractivity contribution in [1.82, 2.24) is 14.8 Å². The van der Waals surface area contributed by atoms with Crippen LogP contribution in [0, 0.1) is 0 Å². The number of likely N-dealkylation sites (N-methyl/N-ethyl adjacent to an activating group) is 2. The Morgan fingerprint density at radius 3 is 3.12 bits per heavy atom. The number of thiazole rings is 1. The van der Waals surface area contributed by atoms with E-state index >= 15 is 0 Å². The first kappa shape index (κ1) is 11.5. The van der Waals surface area contributed by atoms with Crippen LogP contribution in [0.1, 0.15) is 23.3 Å². The largest absolute Gasteiger partial charge is 0.336 e. The molecule has 1 aliphatic heterocycles. The van der Waals surface area contributed by atoms with Crippen molar-refractivity contribution in [3.63, 3.8) is 0 Å². The van der Waals surface area contributed by atoms with E-state index in [9.17, 15) is 4.79 Å². The van der Waals surface area contributed by atoms with Gasteiger partial charge in [-0.3, -0.25) is 4.79 Å². The smallest absolute Gasteiger partial charge is 0.273 e. The van der Waals surface area contributed by atoms with Crippen LogP contribution >= 0.6 is 11.3 Å². The standard InChI is InChI=1S/C11H17N3OS/c1-13-5-3-4-9(6-13)14(2)11(15)10-7-16-8-12-10/h7-9H,3-6H2,1-2H3. The van der Waals surface area contributed by atoms with E-state index in [1.165, 1.54) is 11.3 Å². The minimum absolute atomic E-state index is 0.0431. The summed E-state index contributed by atoms with van der Waals surface area (Å²) < 4.78 is 0. The molecule has 0 aromatic carbocycles. The van der Waals surface area contributed by atoms with E-state index in [0.717, 1.165) is 25.9 Å². The summed E-state index contributed by atoms with van der Waals surface area (Å²) in [7, 11) is 3.98. The van der Waals surface area contributed by atoms with Crippen molar-refractivity contribution in [3.05, 3.63) is 16.6 Å². The summed E-state index contributed by atoms with van der Waals surface area (Å²) in [6.45, 7) is 2.10. The molecule has 0 N–H and O–H groups in total. The Bertz CT molecular complexity index is 352. The number of aromatic nitrogens is 1. The maximum atomic E-state index is 12.1. The Balaban J connectivity index is 2.01. The van der Waals surface area contributed by atoms with Crippen molar-refractivity contribution in [2.24, 2.45) is 0 Å². The van der Waals surface area contributed by atoms with Crippen molar-refractivity contribution in [1.29, 1.82) is 0 Å². The number of hydrogen-bond acceptors (Lipinski definition) is 4. The lowest BCUT2D eigenvalue weighted by molar-refractivity contribution is 0.0639. The summed E-state index contributed by atoms with van der Waals surface area (Å²) in [4.78, 5) is 20.2. The summed E-state index contributed by atoms with van der Waals surface area (Å²) >= 11 is 1.46. The fourth-order valence-corrected chi connectivity index (χ4v) is 2.65. The number of carbonyl (C=O) groups is 1. The summed E-state index contributed by atoms with van der Waals surface area (Å²) in [5.41, 5.74) is 2.27. The molecular weight excluding hydrogens is 222 g/mol. The second-order valence-electron chi connectivity index (χ2n) is 4.35. The van der Waals surface area contributed by atoms with Crippen LogP contribution in [0.3, 0.4) is 0 Å². The highest BCUT2D eigenvalue weighted by Crippen LogP contribution is 2.15. The second kappa shape index (κ2) is 4.93. The molecule has 0 radical (unpaired) electrons. The molecule has 1 aromatic rings. The summed E-state index contributed by atoms with van der Waals surface area (Å²) in [6.07, 6.45) is 2.26. The zero-order chi connectivity index (χ0) is 11.5. The first-order valence-electron chi connectivity index (χ1n) is 5.52. The third-order valence-electron chi connectivity index (χ3n) is 3.12. The molecule has 4 nitrogen and oxygen atoms in total. The van der Waals surface area contributed by atoms with E-state index in [1.807, 2.05) is 17.3 Å². The average molecular weight is 239 g/mol. The van der Waals surface area contributed by atoms with Crippen LogP contribution in [0.2, 0.25) is 0 Å². The first-order valence-corrected chi connectivity index (χ1v) is 6.46. The van der Waals surface area contributed by atoms with Gasteiger partial charge in [-0.05, 0) is 26.4 Å². The number of piperidine rings is 1. The predicted molar refractivity (Wildman–Crippen MR) is 64.7 cm³/mol. The topological polar surface area (TPSA) is 36.4 Å². The molecule has 2 rings (SSSR count). The van der Waals surface area contributed by atoms with Gasteiger partial charge in [-0.1, -0.05) is 0 Å². The maximum Gasteiger partial charge on any atom is 0.273 e. The van der Waals surface area contributed by atoms with E-state index in [2.05, 4.69) is 16.9 Å². The fourth-order valence-electron chi connectivity index (χ4n) is 2.12. The summed E-state index contributed by atoms with van der Waals surface area (Å²) in [5, 5.41) is 1.81. The summed E-state index contributed by atoms with van der Waals surface area (Å²) in [5.74, 6) is 0.0431. The second-order valence-corrected chi connectivity index (χ2v) is 5.07. The Kier molecular flexibility index (Phi) is 3.56. The molecule has 1 atom stereocenters. The van der Waals surface area contributed by atoms with Crippen LogP contribution in [0.5, 0.6) is 0 Å². The molecule has 0 bridgehead atoms. The van der Waals surface area contributed by atoms with Crippen molar-refractivity contribution < 1.29 is 4.79 Å². The van der Waals surface area contributed by atoms with Crippen molar-refractivity contribution in [3.8, 4) is 0 Å². The normalized spacial score (nSPS) is 22.0. The minimum atomic E-state index is 0.0431. The van der Waals surface area contributed by atoms with Gasteiger partial charge in [0, 0.05) is 25.0 Å². The van der Waals surface area contributed by atoms with E-state index in [4.69, 9.17) is 0 Å². The van der Waals surface area contributed by atoms with Gasteiger partial charge >= 0.3 is 0 Å². The molecule has 88 valence electrons. The maximum absolute atomic E-state index is 12.1. The van der Waals surface area contributed by atoms with Crippen LogP contribution in [0.25, 0.3) is 0 Å².